The number of rotatable bonds is 3. The molecule has 2 aromatic carbocycles. The van der Waals surface area contributed by atoms with E-state index in [1.54, 1.807) is 18.2 Å². The fraction of sp³-hybridized carbons (Fsp3) is 0.0625. The van der Waals surface area contributed by atoms with E-state index in [1.807, 2.05) is 31.2 Å². The molecule has 0 aliphatic carbocycles. The van der Waals surface area contributed by atoms with Gasteiger partial charge < -0.3 is 5.32 Å². The number of carbonyl (C=O) groups is 1. The first kappa shape index (κ1) is 14.6. The Morgan fingerprint density at radius 3 is 2.25 bits per heavy atom. The van der Waals surface area contributed by atoms with Crippen LogP contribution in [0.5, 0.6) is 0 Å². The minimum atomic E-state index is -0.339. The molecule has 0 radical (unpaired) electrons. The molecule has 1 amide bonds. The molecule has 0 atom stereocenters. The van der Waals surface area contributed by atoms with Crippen LogP contribution in [0.25, 0.3) is 5.57 Å². The Hall–Kier alpha value is -1.77. The zero-order valence-corrected chi connectivity index (χ0v) is 12.4. The molecule has 2 aromatic rings. The third kappa shape index (κ3) is 3.03. The van der Waals surface area contributed by atoms with E-state index in [-0.39, 0.29) is 11.5 Å². The number of amides is 1. The van der Waals surface area contributed by atoms with Gasteiger partial charge in [0.2, 0.25) is 0 Å². The van der Waals surface area contributed by atoms with Crippen molar-refractivity contribution in [2.45, 2.75) is 6.92 Å². The van der Waals surface area contributed by atoms with Gasteiger partial charge in [-0.1, -0.05) is 54.0 Å². The van der Waals surface area contributed by atoms with Crippen LogP contribution in [0.4, 0.5) is 5.69 Å². The molecule has 0 aliphatic heterocycles. The standard InChI is InChI=1S/C16H13Cl2NO/c1-10(2)11-6-3-4-9-14(11)19-16(20)15-12(17)7-5-8-13(15)18/h3-9H,1H2,2H3,(H,19,20). The molecule has 1 N–H and O–H groups in total. The van der Waals surface area contributed by atoms with Crippen LogP contribution in [0.3, 0.4) is 0 Å². The SMILES string of the molecule is C=C(C)c1ccccc1NC(=O)c1c(Cl)cccc1Cl. The Labute approximate surface area is 128 Å². The molecule has 20 heavy (non-hydrogen) atoms. The van der Waals surface area contributed by atoms with Crippen molar-refractivity contribution < 1.29 is 4.79 Å². The summed E-state index contributed by atoms with van der Waals surface area (Å²) in [6, 6.07) is 12.4. The maximum absolute atomic E-state index is 12.3. The number of para-hydroxylation sites is 1. The van der Waals surface area contributed by atoms with Crippen LogP contribution in [-0.2, 0) is 0 Å². The summed E-state index contributed by atoms with van der Waals surface area (Å²) in [4.78, 5) is 12.3. The number of allylic oxidation sites excluding steroid dienone is 1. The highest BCUT2D eigenvalue weighted by molar-refractivity contribution is 6.40. The molecule has 0 fully saturated rings. The molecule has 4 heteroatoms. The predicted molar refractivity (Wildman–Crippen MR) is 85.6 cm³/mol. The van der Waals surface area contributed by atoms with Gasteiger partial charge in [-0.3, -0.25) is 4.79 Å². The fourth-order valence-corrected chi connectivity index (χ4v) is 2.43. The number of anilines is 1. The Bertz CT molecular complexity index is 660. The maximum Gasteiger partial charge on any atom is 0.258 e. The van der Waals surface area contributed by atoms with Crippen molar-refractivity contribution in [3.05, 3.63) is 70.2 Å². The molecule has 0 heterocycles. The molecular formula is C16H13Cl2NO. The first-order chi connectivity index (χ1) is 9.50. The van der Waals surface area contributed by atoms with Gasteiger partial charge in [-0.25, -0.2) is 0 Å². The Kier molecular flexibility index (Phi) is 4.48. The van der Waals surface area contributed by atoms with Gasteiger partial charge in [0.1, 0.15) is 0 Å². The molecule has 2 nitrogen and oxygen atoms in total. The van der Waals surface area contributed by atoms with Crippen molar-refractivity contribution in [3.8, 4) is 0 Å². The summed E-state index contributed by atoms with van der Waals surface area (Å²) in [6.45, 7) is 5.78. The molecule has 102 valence electrons. The number of nitrogens with one attached hydrogen (secondary N) is 1. The molecule has 0 unspecified atom stereocenters. The molecule has 0 saturated carbocycles. The van der Waals surface area contributed by atoms with E-state index in [9.17, 15) is 4.79 Å². The van der Waals surface area contributed by atoms with Crippen LogP contribution in [0.15, 0.2) is 49.0 Å². The fourth-order valence-electron chi connectivity index (χ4n) is 1.86. The van der Waals surface area contributed by atoms with E-state index in [0.717, 1.165) is 11.1 Å². The van der Waals surface area contributed by atoms with Gasteiger partial charge in [0.15, 0.2) is 0 Å². The highest BCUT2D eigenvalue weighted by Crippen LogP contribution is 2.27. The summed E-state index contributed by atoms with van der Waals surface area (Å²) in [6.07, 6.45) is 0. The summed E-state index contributed by atoms with van der Waals surface area (Å²) >= 11 is 12.1. The average Bonchev–Trinajstić information content (AvgIpc) is 2.38. The van der Waals surface area contributed by atoms with Crippen molar-refractivity contribution in [1.29, 1.82) is 0 Å². The molecule has 0 spiro atoms. The van der Waals surface area contributed by atoms with Gasteiger partial charge in [0.05, 0.1) is 15.6 Å². The van der Waals surface area contributed by atoms with Gasteiger partial charge in [0.25, 0.3) is 5.91 Å². The molecule has 0 aliphatic rings. The van der Waals surface area contributed by atoms with Crippen LogP contribution in [0.2, 0.25) is 10.0 Å². The minimum absolute atomic E-state index is 0.271. The number of hydrogen-bond donors (Lipinski definition) is 1. The molecular weight excluding hydrogens is 293 g/mol. The second-order valence-corrected chi connectivity index (χ2v) is 5.19. The zero-order valence-electron chi connectivity index (χ0n) is 10.9. The Morgan fingerprint density at radius 1 is 1.05 bits per heavy atom. The van der Waals surface area contributed by atoms with Crippen LogP contribution >= 0.6 is 23.2 Å². The van der Waals surface area contributed by atoms with Crippen molar-refractivity contribution >= 4 is 40.4 Å². The van der Waals surface area contributed by atoms with Gasteiger partial charge >= 0.3 is 0 Å². The van der Waals surface area contributed by atoms with Crippen LogP contribution in [0, 0.1) is 0 Å². The highest BCUT2D eigenvalue weighted by Gasteiger charge is 2.15. The lowest BCUT2D eigenvalue weighted by molar-refractivity contribution is 0.102. The smallest absolute Gasteiger partial charge is 0.258 e. The van der Waals surface area contributed by atoms with Gasteiger partial charge in [-0.2, -0.15) is 0 Å². The number of carbonyl (C=O) groups excluding carboxylic acids is 1. The normalized spacial score (nSPS) is 10.2. The number of benzene rings is 2. The van der Waals surface area contributed by atoms with Crippen molar-refractivity contribution in [2.75, 3.05) is 5.32 Å². The van der Waals surface area contributed by atoms with E-state index < -0.39 is 0 Å². The molecule has 2 rings (SSSR count). The highest BCUT2D eigenvalue weighted by atomic mass is 35.5. The molecule has 0 saturated heterocycles. The average molecular weight is 306 g/mol. The van der Waals surface area contributed by atoms with E-state index in [0.29, 0.717) is 15.7 Å². The largest absolute Gasteiger partial charge is 0.321 e. The van der Waals surface area contributed by atoms with Gasteiger partial charge in [-0.05, 0) is 30.7 Å². The maximum atomic E-state index is 12.3. The number of hydrogen-bond acceptors (Lipinski definition) is 1. The van der Waals surface area contributed by atoms with Crippen LogP contribution in [0.1, 0.15) is 22.8 Å². The van der Waals surface area contributed by atoms with E-state index in [1.165, 1.54) is 0 Å². The summed E-state index contributed by atoms with van der Waals surface area (Å²) in [5.41, 5.74) is 2.70. The zero-order chi connectivity index (χ0) is 14.7. The first-order valence-corrected chi connectivity index (χ1v) is 6.76. The topological polar surface area (TPSA) is 29.1 Å². The second-order valence-electron chi connectivity index (χ2n) is 4.38. The van der Waals surface area contributed by atoms with E-state index in [2.05, 4.69) is 11.9 Å². The third-order valence-corrected chi connectivity index (χ3v) is 3.45. The first-order valence-electron chi connectivity index (χ1n) is 6.01. The minimum Gasteiger partial charge on any atom is -0.321 e. The summed E-state index contributed by atoms with van der Waals surface area (Å²) in [7, 11) is 0. The lowest BCUT2D eigenvalue weighted by Crippen LogP contribution is -2.14. The summed E-state index contributed by atoms with van der Waals surface area (Å²) in [5.74, 6) is -0.339. The lowest BCUT2D eigenvalue weighted by Gasteiger charge is -2.12. The predicted octanol–water partition coefficient (Wildman–Crippen LogP) is 5.28. The monoisotopic (exact) mass is 305 g/mol. The second kappa shape index (κ2) is 6.12. The third-order valence-electron chi connectivity index (χ3n) is 2.82. The van der Waals surface area contributed by atoms with Crippen LogP contribution < -0.4 is 5.32 Å². The van der Waals surface area contributed by atoms with E-state index >= 15 is 0 Å². The Morgan fingerprint density at radius 2 is 1.65 bits per heavy atom. The van der Waals surface area contributed by atoms with Crippen molar-refractivity contribution in [3.63, 3.8) is 0 Å². The van der Waals surface area contributed by atoms with E-state index in [4.69, 9.17) is 23.2 Å². The summed E-state index contributed by atoms with van der Waals surface area (Å²) in [5, 5.41) is 3.47. The molecule has 0 aromatic heterocycles. The Balaban J connectivity index is 2.36. The van der Waals surface area contributed by atoms with Crippen molar-refractivity contribution in [1.82, 2.24) is 0 Å². The lowest BCUT2D eigenvalue weighted by atomic mass is 10.1. The quantitative estimate of drug-likeness (QED) is 0.821. The number of halogens is 2. The van der Waals surface area contributed by atoms with Crippen molar-refractivity contribution in [2.24, 2.45) is 0 Å². The molecule has 0 bridgehead atoms. The summed E-state index contributed by atoms with van der Waals surface area (Å²) < 4.78 is 0. The van der Waals surface area contributed by atoms with Gasteiger partial charge in [0, 0.05) is 11.3 Å². The van der Waals surface area contributed by atoms with Crippen LogP contribution in [-0.4, -0.2) is 5.91 Å². The van der Waals surface area contributed by atoms with Gasteiger partial charge in [-0.15, -0.1) is 0 Å².